The molecule has 1 radical (unpaired) electrons. The number of rotatable bonds is 12. The lowest BCUT2D eigenvalue weighted by Crippen LogP contribution is -1.94. The van der Waals surface area contributed by atoms with E-state index >= 15 is 0 Å². The van der Waals surface area contributed by atoms with Gasteiger partial charge in [-0.3, -0.25) is 0 Å². The predicted octanol–water partition coefficient (Wildman–Crippen LogP) is 6.16. The van der Waals surface area contributed by atoms with E-state index in [1.54, 1.807) is 0 Å². The van der Waals surface area contributed by atoms with Crippen molar-refractivity contribution in [3.05, 3.63) is 6.92 Å². The van der Waals surface area contributed by atoms with Gasteiger partial charge < -0.3 is 0 Å². The topological polar surface area (TPSA) is 0 Å². The molecule has 97 valence electrons. The third-order valence-corrected chi connectivity index (χ3v) is 3.41. The lowest BCUT2D eigenvalue weighted by atomic mass is 9.98. The molecule has 0 saturated carbocycles. The Morgan fingerprint density at radius 1 is 0.625 bits per heavy atom. The van der Waals surface area contributed by atoms with Crippen molar-refractivity contribution in [2.75, 3.05) is 0 Å². The minimum Gasteiger partial charge on any atom is -0.0654 e. The van der Waals surface area contributed by atoms with Gasteiger partial charge in [0.05, 0.1) is 0 Å². The van der Waals surface area contributed by atoms with E-state index in [4.69, 9.17) is 0 Å². The first-order chi connectivity index (χ1) is 7.81. The van der Waals surface area contributed by atoms with Gasteiger partial charge in [0.15, 0.2) is 0 Å². The molecule has 0 fully saturated rings. The fraction of sp³-hybridized carbons (Fsp3) is 0.938. The minimum atomic E-state index is 0.717. The molecule has 0 aromatic rings. The first-order valence-corrected chi connectivity index (χ1v) is 7.64. The lowest BCUT2D eigenvalue weighted by Gasteiger charge is -2.08. The zero-order valence-corrected chi connectivity index (χ0v) is 11.8. The van der Waals surface area contributed by atoms with E-state index in [1.165, 1.54) is 77.0 Å². The summed E-state index contributed by atoms with van der Waals surface area (Å²) in [5, 5.41) is 0. The van der Waals surface area contributed by atoms with Crippen molar-refractivity contribution in [1.29, 1.82) is 0 Å². The highest BCUT2D eigenvalue weighted by atomic mass is 14.1. The fourth-order valence-corrected chi connectivity index (χ4v) is 2.30. The monoisotopic (exact) mass is 225 g/mol. The fourth-order valence-electron chi connectivity index (χ4n) is 2.30. The molecule has 1 unspecified atom stereocenters. The molecule has 16 heavy (non-hydrogen) atoms. The lowest BCUT2D eigenvalue weighted by molar-refractivity contribution is 0.483. The van der Waals surface area contributed by atoms with E-state index in [1.807, 2.05) is 0 Å². The molecule has 1 atom stereocenters. The van der Waals surface area contributed by atoms with E-state index in [0.717, 1.165) is 5.92 Å². The number of hydrogen-bond acceptors (Lipinski definition) is 0. The molecule has 0 N–H and O–H groups in total. The maximum absolute atomic E-state index is 4.20. The van der Waals surface area contributed by atoms with Crippen LogP contribution in [0.2, 0.25) is 0 Å². The minimum absolute atomic E-state index is 0.717. The third kappa shape index (κ3) is 12.1. The maximum Gasteiger partial charge on any atom is -0.0414 e. The summed E-state index contributed by atoms with van der Waals surface area (Å²) >= 11 is 0. The largest absolute Gasteiger partial charge is 0.0654 e. The molecule has 0 nitrogen and oxygen atoms in total. The molecule has 0 aliphatic carbocycles. The van der Waals surface area contributed by atoms with Crippen LogP contribution < -0.4 is 0 Å². The molecule has 0 aromatic carbocycles. The summed E-state index contributed by atoms with van der Waals surface area (Å²) in [5.74, 6) is 0.717. The van der Waals surface area contributed by atoms with Crippen LogP contribution in [0.3, 0.4) is 0 Å². The summed E-state index contributed by atoms with van der Waals surface area (Å²) in [5.41, 5.74) is 0. The van der Waals surface area contributed by atoms with Crippen molar-refractivity contribution < 1.29 is 0 Å². The molecule has 0 spiro atoms. The summed E-state index contributed by atoms with van der Waals surface area (Å²) in [6.45, 7) is 8.74. The molecular formula is C16H33. The van der Waals surface area contributed by atoms with Gasteiger partial charge in [-0.15, -0.1) is 0 Å². The standard InChI is InChI=1S/C16H33/c1-4-6-7-8-9-10-11-12-13-15-16(3)14-5-2/h16H,3-15H2,1-2H3. The van der Waals surface area contributed by atoms with E-state index in [9.17, 15) is 0 Å². The first kappa shape index (κ1) is 16.0. The Morgan fingerprint density at radius 3 is 1.62 bits per heavy atom. The average molecular weight is 225 g/mol. The van der Waals surface area contributed by atoms with Crippen LogP contribution in [0.4, 0.5) is 0 Å². The van der Waals surface area contributed by atoms with E-state index in [2.05, 4.69) is 20.8 Å². The van der Waals surface area contributed by atoms with Crippen LogP contribution in [-0.2, 0) is 0 Å². The van der Waals surface area contributed by atoms with Crippen LogP contribution in [0, 0.1) is 12.8 Å². The van der Waals surface area contributed by atoms with Crippen LogP contribution in [-0.4, -0.2) is 0 Å². The Balaban J connectivity index is 2.98. The molecule has 0 saturated heterocycles. The van der Waals surface area contributed by atoms with Crippen LogP contribution in [0.5, 0.6) is 0 Å². The van der Waals surface area contributed by atoms with Crippen LogP contribution in [0.1, 0.15) is 90.9 Å². The van der Waals surface area contributed by atoms with Crippen LogP contribution in [0.25, 0.3) is 0 Å². The van der Waals surface area contributed by atoms with Gasteiger partial charge in [-0.25, -0.2) is 0 Å². The summed E-state index contributed by atoms with van der Waals surface area (Å²) in [6, 6.07) is 0. The van der Waals surface area contributed by atoms with E-state index in [-0.39, 0.29) is 0 Å². The molecule has 0 aliphatic heterocycles. The van der Waals surface area contributed by atoms with Gasteiger partial charge in [-0.2, -0.15) is 0 Å². The molecule has 0 aromatic heterocycles. The summed E-state index contributed by atoms with van der Waals surface area (Å²) in [6.07, 6.45) is 16.9. The zero-order chi connectivity index (χ0) is 12.1. The quantitative estimate of drug-likeness (QED) is 0.349. The highest BCUT2D eigenvalue weighted by Gasteiger charge is 1.99. The van der Waals surface area contributed by atoms with Crippen molar-refractivity contribution in [3.63, 3.8) is 0 Å². The number of hydrogen-bond donors (Lipinski definition) is 0. The van der Waals surface area contributed by atoms with Gasteiger partial charge in [0.25, 0.3) is 0 Å². The molecular weight excluding hydrogens is 192 g/mol. The summed E-state index contributed by atoms with van der Waals surface area (Å²) < 4.78 is 0. The van der Waals surface area contributed by atoms with Crippen LogP contribution in [0.15, 0.2) is 0 Å². The Hall–Kier alpha value is 0. The summed E-state index contributed by atoms with van der Waals surface area (Å²) in [7, 11) is 0. The van der Waals surface area contributed by atoms with Gasteiger partial charge in [0, 0.05) is 0 Å². The van der Waals surface area contributed by atoms with Gasteiger partial charge in [-0.1, -0.05) is 97.8 Å². The summed E-state index contributed by atoms with van der Waals surface area (Å²) in [4.78, 5) is 0. The first-order valence-electron chi connectivity index (χ1n) is 7.64. The number of unbranched alkanes of at least 4 members (excludes halogenated alkanes) is 8. The van der Waals surface area contributed by atoms with Crippen molar-refractivity contribution in [2.24, 2.45) is 5.92 Å². The van der Waals surface area contributed by atoms with E-state index < -0.39 is 0 Å². The van der Waals surface area contributed by atoms with Gasteiger partial charge in [-0.05, 0) is 5.92 Å². The highest BCUT2D eigenvalue weighted by molar-refractivity contribution is 4.60. The molecule has 0 rings (SSSR count). The molecule has 0 amide bonds. The third-order valence-electron chi connectivity index (χ3n) is 3.41. The van der Waals surface area contributed by atoms with E-state index in [0.29, 0.717) is 0 Å². The van der Waals surface area contributed by atoms with Crippen molar-refractivity contribution >= 4 is 0 Å². The average Bonchev–Trinajstić information content (AvgIpc) is 2.27. The Labute approximate surface area is 104 Å². The van der Waals surface area contributed by atoms with Gasteiger partial charge in [0.2, 0.25) is 0 Å². The molecule has 0 aliphatic rings. The van der Waals surface area contributed by atoms with Gasteiger partial charge >= 0.3 is 0 Å². The van der Waals surface area contributed by atoms with Crippen molar-refractivity contribution in [1.82, 2.24) is 0 Å². The Kier molecular flexibility index (Phi) is 13.1. The molecule has 0 heteroatoms. The highest BCUT2D eigenvalue weighted by Crippen LogP contribution is 2.16. The second kappa shape index (κ2) is 13.1. The second-order valence-corrected chi connectivity index (χ2v) is 5.27. The van der Waals surface area contributed by atoms with Crippen LogP contribution >= 0.6 is 0 Å². The van der Waals surface area contributed by atoms with Crippen molar-refractivity contribution in [3.8, 4) is 0 Å². The maximum atomic E-state index is 4.20. The van der Waals surface area contributed by atoms with Gasteiger partial charge in [0.1, 0.15) is 0 Å². The van der Waals surface area contributed by atoms with Crippen molar-refractivity contribution in [2.45, 2.75) is 90.9 Å². The second-order valence-electron chi connectivity index (χ2n) is 5.27. The Bertz CT molecular complexity index is 117. The smallest absolute Gasteiger partial charge is 0.0414 e. The molecule has 0 heterocycles. The normalized spacial score (nSPS) is 12.9. The SMILES string of the molecule is [CH2]C(CCC)CCCCCCCCCCC. The zero-order valence-electron chi connectivity index (χ0n) is 11.8. The Morgan fingerprint density at radius 2 is 1.12 bits per heavy atom. The predicted molar refractivity (Wildman–Crippen MR) is 75.6 cm³/mol. The molecule has 0 bridgehead atoms.